The fraction of sp³-hybridized carbons (Fsp3) is 0.238. The molecule has 2 N–H and O–H groups in total. The maximum absolute atomic E-state index is 12.2. The molecule has 1 amide bonds. The minimum atomic E-state index is -3.71. The van der Waals surface area contributed by atoms with Crippen LogP contribution in [0.4, 0.5) is 5.69 Å². The van der Waals surface area contributed by atoms with Crippen molar-refractivity contribution in [2.45, 2.75) is 32.9 Å². The smallest absolute Gasteiger partial charge is 0.338 e. The van der Waals surface area contributed by atoms with Crippen LogP contribution in [0.25, 0.3) is 6.08 Å². The molecule has 1 atom stereocenters. The van der Waals surface area contributed by atoms with Crippen LogP contribution in [-0.2, 0) is 19.6 Å². The second-order valence-electron chi connectivity index (χ2n) is 6.65. The molecule has 2 aromatic carbocycles. The summed E-state index contributed by atoms with van der Waals surface area (Å²) in [6.45, 7) is 5.10. The van der Waals surface area contributed by atoms with Crippen LogP contribution in [-0.4, -0.2) is 32.4 Å². The summed E-state index contributed by atoms with van der Waals surface area (Å²) in [4.78, 5) is 24.0. The fourth-order valence-corrected chi connectivity index (χ4v) is 3.16. The molecule has 0 aliphatic rings. The number of nitrogens with one attached hydrogen (secondary N) is 2. The third-order valence-corrected chi connectivity index (χ3v) is 4.72. The molecule has 0 spiro atoms. The van der Waals surface area contributed by atoms with E-state index in [0.717, 1.165) is 11.0 Å². The molecule has 0 heterocycles. The van der Waals surface area contributed by atoms with Crippen molar-refractivity contribution in [3.8, 4) is 0 Å². The number of carbonyl (C=O) groups excluding carboxylic acids is 2. The zero-order valence-electron chi connectivity index (χ0n) is 16.5. The van der Waals surface area contributed by atoms with Gasteiger partial charge in [0.2, 0.25) is 0 Å². The molecule has 0 aliphatic carbocycles. The largest absolute Gasteiger partial charge is 0.449 e. The van der Waals surface area contributed by atoms with Crippen LogP contribution in [0.1, 0.15) is 36.7 Å². The van der Waals surface area contributed by atoms with Crippen molar-refractivity contribution in [3.05, 3.63) is 71.1 Å². The molecule has 2 rings (SSSR count). The van der Waals surface area contributed by atoms with Crippen LogP contribution in [0.3, 0.4) is 0 Å². The summed E-state index contributed by atoms with van der Waals surface area (Å²) in [5.74, 6) is -1.06. The average Bonchev–Trinajstić information content (AvgIpc) is 2.67. The number of hydrogen-bond acceptors (Lipinski definition) is 5. The van der Waals surface area contributed by atoms with Crippen molar-refractivity contribution in [1.29, 1.82) is 0 Å². The predicted octanol–water partition coefficient (Wildman–Crippen LogP) is 3.17. The molecule has 0 fully saturated rings. The highest BCUT2D eigenvalue weighted by Gasteiger charge is 2.19. The summed E-state index contributed by atoms with van der Waals surface area (Å²) in [6.07, 6.45) is 0.545. The van der Waals surface area contributed by atoms with Crippen LogP contribution in [0.2, 0.25) is 0 Å². The zero-order valence-corrected chi connectivity index (χ0v) is 17.3. The molecule has 2 aromatic rings. The number of rotatable bonds is 8. The molecular weight excluding hydrogens is 392 g/mol. The SMILES string of the molecule is CC(C)NC(=O)[C@H](C)OC(=O)c1ccc(NS(=O)(=O)/C=C/c2ccccc2)cc1. The Labute approximate surface area is 170 Å². The Kier molecular flexibility index (Phi) is 7.55. The third kappa shape index (κ3) is 7.42. The normalized spacial score (nSPS) is 12.6. The summed E-state index contributed by atoms with van der Waals surface area (Å²) in [5.41, 5.74) is 1.26. The Hall–Kier alpha value is -3.13. The molecule has 0 unspecified atom stereocenters. The fourth-order valence-electron chi connectivity index (χ4n) is 2.29. The number of anilines is 1. The lowest BCUT2D eigenvalue weighted by atomic mass is 10.2. The second kappa shape index (κ2) is 9.88. The van der Waals surface area contributed by atoms with Crippen LogP contribution in [0.15, 0.2) is 60.0 Å². The number of carbonyl (C=O) groups is 2. The van der Waals surface area contributed by atoms with Crippen LogP contribution in [0.5, 0.6) is 0 Å². The van der Waals surface area contributed by atoms with Crippen molar-refractivity contribution in [3.63, 3.8) is 0 Å². The third-order valence-electron chi connectivity index (χ3n) is 3.70. The lowest BCUT2D eigenvalue weighted by molar-refractivity contribution is -0.129. The van der Waals surface area contributed by atoms with E-state index in [9.17, 15) is 18.0 Å². The lowest BCUT2D eigenvalue weighted by Crippen LogP contribution is -2.39. The zero-order chi connectivity index (χ0) is 21.4. The van der Waals surface area contributed by atoms with Gasteiger partial charge in [-0.3, -0.25) is 9.52 Å². The Morgan fingerprint density at radius 2 is 1.59 bits per heavy atom. The first-order chi connectivity index (χ1) is 13.7. The molecule has 0 aromatic heterocycles. The Morgan fingerprint density at radius 3 is 2.17 bits per heavy atom. The number of amides is 1. The molecular formula is C21H24N2O5S. The Morgan fingerprint density at radius 1 is 0.966 bits per heavy atom. The summed E-state index contributed by atoms with van der Waals surface area (Å²) < 4.78 is 31.9. The van der Waals surface area contributed by atoms with Crippen molar-refractivity contribution < 1.29 is 22.7 Å². The molecule has 7 nitrogen and oxygen atoms in total. The molecule has 0 radical (unpaired) electrons. The van der Waals surface area contributed by atoms with Gasteiger partial charge in [-0.2, -0.15) is 0 Å². The Balaban J connectivity index is 1.98. The van der Waals surface area contributed by atoms with E-state index in [0.29, 0.717) is 5.69 Å². The second-order valence-corrected chi connectivity index (χ2v) is 8.21. The van der Waals surface area contributed by atoms with Gasteiger partial charge in [-0.25, -0.2) is 13.2 Å². The molecule has 0 saturated carbocycles. The summed E-state index contributed by atoms with van der Waals surface area (Å²) in [7, 11) is -3.71. The van der Waals surface area contributed by atoms with Gasteiger partial charge in [-0.05, 0) is 56.7 Å². The van der Waals surface area contributed by atoms with Crippen molar-refractivity contribution in [1.82, 2.24) is 5.32 Å². The first-order valence-corrected chi connectivity index (χ1v) is 10.6. The topological polar surface area (TPSA) is 102 Å². The lowest BCUT2D eigenvalue weighted by Gasteiger charge is -2.15. The average molecular weight is 416 g/mol. The van der Waals surface area contributed by atoms with E-state index in [1.807, 2.05) is 18.2 Å². The number of hydrogen-bond donors (Lipinski definition) is 2. The highest BCUT2D eigenvalue weighted by molar-refractivity contribution is 7.95. The van der Waals surface area contributed by atoms with E-state index >= 15 is 0 Å². The standard InChI is InChI=1S/C21H24N2O5S/c1-15(2)22-20(24)16(3)28-21(25)18-9-11-19(12-10-18)23-29(26,27)14-13-17-7-5-4-6-8-17/h4-16,23H,1-3H3,(H,22,24)/b14-13+/t16-/m0/s1. The quantitative estimate of drug-likeness (QED) is 0.644. The number of ether oxygens (including phenoxy) is 1. The highest BCUT2D eigenvalue weighted by Crippen LogP contribution is 2.14. The number of benzene rings is 2. The monoisotopic (exact) mass is 416 g/mol. The van der Waals surface area contributed by atoms with Gasteiger partial charge >= 0.3 is 5.97 Å². The molecule has 154 valence electrons. The van der Waals surface area contributed by atoms with Gasteiger partial charge < -0.3 is 10.1 Å². The van der Waals surface area contributed by atoms with Gasteiger partial charge in [0.05, 0.1) is 11.0 Å². The maximum Gasteiger partial charge on any atom is 0.338 e. The van der Waals surface area contributed by atoms with E-state index in [1.54, 1.807) is 26.0 Å². The minimum absolute atomic E-state index is 0.0631. The first-order valence-electron chi connectivity index (χ1n) is 9.03. The highest BCUT2D eigenvalue weighted by atomic mass is 32.2. The van der Waals surface area contributed by atoms with Crippen LogP contribution < -0.4 is 10.0 Å². The van der Waals surface area contributed by atoms with Gasteiger partial charge in [-0.1, -0.05) is 30.3 Å². The van der Waals surface area contributed by atoms with Crippen LogP contribution >= 0.6 is 0 Å². The molecule has 29 heavy (non-hydrogen) atoms. The maximum atomic E-state index is 12.2. The molecule has 0 aliphatic heterocycles. The summed E-state index contributed by atoms with van der Waals surface area (Å²) in [6, 6.07) is 14.7. The molecule has 0 saturated heterocycles. The van der Waals surface area contributed by atoms with E-state index < -0.39 is 22.1 Å². The molecule has 0 bridgehead atoms. The van der Waals surface area contributed by atoms with Gasteiger partial charge in [0.1, 0.15) is 0 Å². The Bertz CT molecular complexity index is 968. The number of esters is 1. The van der Waals surface area contributed by atoms with E-state index in [4.69, 9.17) is 4.74 Å². The van der Waals surface area contributed by atoms with Crippen molar-refractivity contribution >= 4 is 33.7 Å². The summed E-state index contributed by atoms with van der Waals surface area (Å²) >= 11 is 0. The minimum Gasteiger partial charge on any atom is -0.449 e. The van der Waals surface area contributed by atoms with E-state index in [-0.39, 0.29) is 17.5 Å². The van der Waals surface area contributed by atoms with E-state index in [1.165, 1.54) is 37.3 Å². The van der Waals surface area contributed by atoms with Crippen molar-refractivity contribution in [2.24, 2.45) is 0 Å². The van der Waals surface area contributed by atoms with Gasteiger partial charge in [0.25, 0.3) is 15.9 Å². The van der Waals surface area contributed by atoms with Gasteiger partial charge in [0.15, 0.2) is 6.10 Å². The summed E-state index contributed by atoms with van der Waals surface area (Å²) in [5, 5.41) is 3.73. The van der Waals surface area contributed by atoms with E-state index in [2.05, 4.69) is 10.0 Å². The predicted molar refractivity (Wildman–Crippen MR) is 113 cm³/mol. The number of sulfonamides is 1. The first kappa shape index (κ1) is 22.2. The van der Waals surface area contributed by atoms with Crippen LogP contribution in [0, 0.1) is 0 Å². The van der Waals surface area contributed by atoms with Crippen molar-refractivity contribution in [2.75, 3.05) is 4.72 Å². The van der Waals surface area contributed by atoms with Gasteiger partial charge in [-0.15, -0.1) is 0 Å². The molecule has 8 heteroatoms. The van der Waals surface area contributed by atoms with Gasteiger partial charge in [0, 0.05) is 11.7 Å².